The van der Waals surface area contributed by atoms with Crippen LogP contribution in [0, 0.1) is 11.6 Å². The molecule has 364 valence electrons. The van der Waals surface area contributed by atoms with Crippen molar-refractivity contribution in [3.63, 3.8) is 0 Å². The third kappa shape index (κ3) is 14.5. The molecule has 0 aliphatic rings. The average molecular weight is 935 g/mol. The van der Waals surface area contributed by atoms with Crippen LogP contribution in [0.3, 0.4) is 0 Å². The molecule has 0 unspecified atom stereocenters. The van der Waals surface area contributed by atoms with Gasteiger partial charge in [-0.15, -0.1) is 0 Å². The van der Waals surface area contributed by atoms with Crippen molar-refractivity contribution >= 4 is 45.9 Å². The van der Waals surface area contributed by atoms with Crippen molar-refractivity contribution in [2.24, 2.45) is 0 Å². The molecule has 6 aromatic rings. The molecule has 6 rings (SSSR count). The summed E-state index contributed by atoms with van der Waals surface area (Å²) in [6.45, 7) is 18.9. The summed E-state index contributed by atoms with van der Waals surface area (Å²) in [5, 5.41) is 43.7. The number of hydrogen-bond acceptors (Lipinski definition) is 8. The van der Waals surface area contributed by atoms with Crippen molar-refractivity contribution in [2.45, 2.75) is 143 Å². The first-order valence-electron chi connectivity index (χ1n) is 23.2. The molecule has 0 radical (unpaired) electrons. The molecule has 10 nitrogen and oxygen atoms in total. The van der Waals surface area contributed by atoms with Gasteiger partial charge in [-0.3, -0.25) is 9.59 Å². The number of aromatic nitrogens is 2. The molecule has 0 bridgehead atoms. The molecule has 4 N–H and O–H groups in total. The van der Waals surface area contributed by atoms with Crippen molar-refractivity contribution in [1.29, 1.82) is 0 Å². The number of nitrogens with zero attached hydrogens (tertiary/aromatic N) is 2. The number of carbonyl (C=O) groups is 2. The van der Waals surface area contributed by atoms with E-state index in [-0.39, 0.29) is 49.4 Å². The second kappa shape index (κ2) is 22.9. The second-order valence-corrected chi connectivity index (χ2v) is 19.7. The summed E-state index contributed by atoms with van der Waals surface area (Å²) in [7, 11) is 0. The van der Waals surface area contributed by atoms with Crippen LogP contribution in [-0.2, 0) is 19.1 Å². The van der Waals surface area contributed by atoms with E-state index in [1.807, 2.05) is 60.7 Å². The number of para-hydroxylation sites is 2. The van der Waals surface area contributed by atoms with E-state index in [0.717, 1.165) is 55.4 Å². The van der Waals surface area contributed by atoms with E-state index in [1.54, 1.807) is 78.0 Å². The first-order valence-corrected chi connectivity index (χ1v) is 23.2. The van der Waals surface area contributed by atoms with Crippen LogP contribution in [0.2, 0.25) is 0 Å². The standard InChI is InChI=1S/2C28H34FNO4/c2*1-18(2)30-24-9-7-6-8-23(24)27(19-10-12-20(29)13-11-19)25(30)15-14-21(31)16-22(32)17-26(33)34-28(3,4)5/h2*6-15,18,21-22,31-32H,16-17H2,1-5H3/b2*15-14+/t2*21-,22-/m10/s1. The quantitative estimate of drug-likeness (QED) is 0.0703. The Labute approximate surface area is 399 Å². The molecule has 2 aromatic heterocycles. The molecule has 12 heteroatoms. The van der Waals surface area contributed by atoms with Gasteiger partial charge in [0.05, 0.1) is 37.3 Å². The molecule has 0 fully saturated rings. The average Bonchev–Trinajstić information content (AvgIpc) is 3.74. The molecule has 0 aliphatic heterocycles. The largest absolute Gasteiger partial charge is 0.460 e. The minimum atomic E-state index is -1.03. The lowest BCUT2D eigenvalue weighted by Gasteiger charge is -2.21. The van der Waals surface area contributed by atoms with Crippen molar-refractivity contribution in [2.75, 3.05) is 0 Å². The Morgan fingerprint density at radius 3 is 1.18 bits per heavy atom. The molecule has 4 aromatic carbocycles. The molecule has 68 heavy (non-hydrogen) atoms. The smallest absolute Gasteiger partial charge is 0.308 e. The summed E-state index contributed by atoms with van der Waals surface area (Å²) < 4.78 is 42.0. The zero-order chi connectivity index (χ0) is 50.1. The summed E-state index contributed by atoms with van der Waals surface area (Å²) >= 11 is 0. The monoisotopic (exact) mass is 934 g/mol. The highest BCUT2D eigenvalue weighted by molar-refractivity contribution is 6.02. The summed E-state index contributed by atoms with van der Waals surface area (Å²) in [6, 6.07) is 29.1. The van der Waals surface area contributed by atoms with Gasteiger partial charge in [-0.05, 0) is 129 Å². The number of fused-ring (bicyclic) bond motifs is 2. The Kier molecular flexibility index (Phi) is 17.9. The maximum atomic E-state index is 13.6. The molecule has 0 aliphatic carbocycles. The molecule has 0 saturated carbocycles. The zero-order valence-corrected chi connectivity index (χ0v) is 40.9. The number of carbonyl (C=O) groups excluding carboxylic acids is 2. The Morgan fingerprint density at radius 1 is 0.544 bits per heavy atom. The molecule has 0 amide bonds. The molecular weight excluding hydrogens is 867 g/mol. The maximum Gasteiger partial charge on any atom is 0.308 e. The Morgan fingerprint density at radius 2 is 0.868 bits per heavy atom. The van der Waals surface area contributed by atoms with E-state index >= 15 is 0 Å². The van der Waals surface area contributed by atoms with E-state index in [4.69, 9.17) is 9.47 Å². The number of esters is 2. The maximum absolute atomic E-state index is 13.6. The predicted molar refractivity (Wildman–Crippen MR) is 268 cm³/mol. The normalized spacial score (nSPS) is 14.1. The molecular formula is C56H68F2N2O8. The van der Waals surface area contributed by atoms with Crippen LogP contribution < -0.4 is 0 Å². The van der Waals surface area contributed by atoms with Crippen LogP contribution in [0.1, 0.15) is 118 Å². The predicted octanol–water partition coefficient (Wildman–Crippen LogP) is 11.8. The van der Waals surface area contributed by atoms with Gasteiger partial charge in [0, 0.05) is 69.2 Å². The van der Waals surface area contributed by atoms with E-state index in [2.05, 4.69) is 36.8 Å². The van der Waals surface area contributed by atoms with Gasteiger partial charge in [0.15, 0.2) is 0 Å². The summed E-state index contributed by atoms with van der Waals surface area (Å²) in [5.74, 6) is -1.62. The lowest BCUT2D eigenvalue weighted by Crippen LogP contribution is -2.27. The van der Waals surface area contributed by atoms with E-state index in [9.17, 15) is 38.8 Å². The van der Waals surface area contributed by atoms with Gasteiger partial charge in [-0.1, -0.05) is 72.8 Å². The number of benzene rings is 4. The first-order chi connectivity index (χ1) is 31.9. The second-order valence-electron chi connectivity index (χ2n) is 19.7. The van der Waals surface area contributed by atoms with Crippen LogP contribution in [0.25, 0.3) is 56.2 Å². The van der Waals surface area contributed by atoms with Gasteiger partial charge in [0.25, 0.3) is 0 Å². The van der Waals surface area contributed by atoms with Gasteiger partial charge < -0.3 is 39.0 Å². The number of rotatable bonds is 16. The summed E-state index contributed by atoms with van der Waals surface area (Å²) in [5.41, 5.74) is 6.21. The van der Waals surface area contributed by atoms with E-state index < -0.39 is 47.6 Å². The molecule has 4 atom stereocenters. The highest BCUT2D eigenvalue weighted by atomic mass is 19.1. The lowest BCUT2D eigenvalue weighted by molar-refractivity contribution is -0.158. The topological polar surface area (TPSA) is 143 Å². The molecule has 2 heterocycles. The number of ether oxygens (including phenoxy) is 2. The minimum absolute atomic E-state index is 0.00350. The summed E-state index contributed by atoms with van der Waals surface area (Å²) in [6.07, 6.45) is 2.58. The molecule has 0 saturated heterocycles. The SMILES string of the molecule is CC(C)n1c(/C=C/[C@@H](O)C[C@@H](O)CC(=O)OC(C)(C)C)c(-c2ccc(F)cc2)c2ccccc21.CC(C)n1c(/C=C/[C@H](O)C[C@H](O)CC(=O)OC(C)(C)C)c(-c2ccc(F)cc2)c2ccccc21. The Bertz CT molecular complexity index is 2500. The van der Waals surface area contributed by atoms with Crippen molar-refractivity contribution in [3.8, 4) is 22.3 Å². The van der Waals surface area contributed by atoms with Gasteiger partial charge in [0.2, 0.25) is 0 Å². The molecule has 0 spiro atoms. The van der Waals surface area contributed by atoms with Gasteiger partial charge in [0.1, 0.15) is 22.8 Å². The van der Waals surface area contributed by atoms with Crippen LogP contribution in [-0.4, -0.2) is 77.1 Å². The number of halogens is 2. The van der Waals surface area contributed by atoms with E-state index in [1.165, 1.54) is 24.3 Å². The van der Waals surface area contributed by atoms with Crippen molar-refractivity contribution < 1.29 is 48.3 Å². The fourth-order valence-corrected chi connectivity index (χ4v) is 8.28. The highest BCUT2D eigenvalue weighted by Crippen LogP contribution is 2.39. The first kappa shape index (κ1) is 53.0. The third-order valence-corrected chi connectivity index (χ3v) is 10.8. The van der Waals surface area contributed by atoms with Gasteiger partial charge in [-0.25, -0.2) is 8.78 Å². The highest BCUT2D eigenvalue weighted by Gasteiger charge is 2.24. The van der Waals surface area contributed by atoms with Crippen LogP contribution >= 0.6 is 0 Å². The fraction of sp³-hybridized carbons (Fsp3) is 0.393. The minimum Gasteiger partial charge on any atom is -0.460 e. The van der Waals surface area contributed by atoms with Crippen molar-refractivity contribution in [1.82, 2.24) is 9.13 Å². The number of aliphatic hydroxyl groups excluding tert-OH is 4. The van der Waals surface area contributed by atoms with E-state index in [0.29, 0.717) is 0 Å². The van der Waals surface area contributed by atoms with Gasteiger partial charge >= 0.3 is 11.9 Å². The van der Waals surface area contributed by atoms with Crippen molar-refractivity contribution in [3.05, 3.63) is 132 Å². The Hall–Kier alpha value is -5.92. The Balaban J connectivity index is 0.000000254. The van der Waals surface area contributed by atoms with Crippen LogP contribution in [0.15, 0.2) is 109 Å². The third-order valence-electron chi connectivity index (χ3n) is 10.8. The van der Waals surface area contributed by atoms with Crippen LogP contribution in [0.4, 0.5) is 8.78 Å². The number of hydrogen-bond donors (Lipinski definition) is 4. The zero-order valence-electron chi connectivity index (χ0n) is 40.9. The number of aliphatic hydroxyl groups is 4. The summed E-state index contributed by atoms with van der Waals surface area (Å²) in [4.78, 5) is 23.9. The van der Waals surface area contributed by atoms with Crippen LogP contribution in [0.5, 0.6) is 0 Å². The lowest BCUT2D eigenvalue weighted by atomic mass is 10.0. The fourth-order valence-electron chi connectivity index (χ4n) is 8.28. The van der Waals surface area contributed by atoms with Gasteiger partial charge in [-0.2, -0.15) is 0 Å².